The molecule has 0 amide bonds. The molecule has 92 valence electrons. The Bertz CT molecular complexity index is 378. The molecule has 0 aromatic heterocycles. The Kier molecular flexibility index (Phi) is 3.30. The highest BCUT2D eigenvalue weighted by atomic mass is 127. The summed E-state index contributed by atoms with van der Waals surface area (Å²) in [6.45, 7) is 0. The van der Waals surface area contributed by atoms with Crippen molar-refractivity contribution < 1.29 is 4.74 Å². The summed E-state index contributed by atoms with van der Waals surface area (Å²) in [4.78, 5) is 2.55. The molecule has 1 aromatic carbocycles. The van der Waals surface area contributed by atoms with Gasteiger partial charge in [0.25, 0.3) is 0 Å². The summed E-state index contributed by atoms with van der Waals surface area (Å²) in [7, 11) is 2.27. The van der Waals surface area contributed by atoms with E-state index in [4.69, 9.17) is 4.74 Å². The van der Waals surface area contributed by atoms with Crippen LogP contribution in [0.3, 0.4) is 0 Å². The van der Waals surface area contributed by atoms with Crippen LogP contribution in [0.5, 0.6) is 5.75 Å². The van der Waals surface area contributed by atoms with Gasteiger partial charge in [-0.25, -0.2) is 0 Å². The summed E-state index contributed by atoms with van der Waals surface area (Å²) in [6.07, 6.45) is 5.52. The SMILES string of the molecule is CN1[C@@H]2CC[C@H]1CC(Oc1ccc(I)cc1)C2. The molecule has 1 aromatic rings. The van der Waals surface area contributed by atoms with Gasteiger partial charge in [-0.15, -0.1) is 0 Å². The number of piperidine rings is 1. The van der Waals surface area contributed by atoms with E-state index in [1.165, 1.54) is 29.3 Å². The first-order valence-corrected chi connectivity index (χ1v) is 7.44. The van der Waals surface area contributed by atoms with Crippen LogP contribution < -0.4 is 4.74 Å². The van der Waals surface area contributed by atoms with E-state index in [9.17, 15) is 0 Å². The van der Waals surface area contributed by atoms with Crippen molar-refractivity contribution in [2.45, 2.75) is 43.9 Å². The third kappa shape index (κ3) is 2.45. The van der Waals surface area contributed by atoms with Crippen molar-refractivity contribution in [3.63, 3.8) is 0 Å². The van der Waals surface area contributed by atoms with Crippen molar-refractivity contribution >= 4 is 22.6 Å². The molecular formula is C14H18INO. The van der Waals surface area contributed by atoms with E-state index in [0.29, 0.717) is 6.10 Å². The molecule has 0 spiro atoms. The Morgan fingerprint density at radius 2 is 1.71 bits per heavy atom. The molecule has 3 heteroatoms. The van der Waals surface area contributed by atoms with Crippen LogP contribution in [0.2, 0.25) is 0 Å². The van der Waals surface area contributed by atoms with Crippen LogP contribution in [0.4, 0.5) is 0 Å². The summed E-state index contributed by atoms with van der Waals surface area (Å²) in [5.41, 5.74) is 0. The first kappa shape index (κ1) is 11.8. The van der Waals surface area contributed by atoms with Gasteiger partial charge < -0.3 is 9.64 Å². The smallest absolute Gasteiger partial charge is 0.119 e. The lowest BCUT2D eigenvalue weighted by atomic mass is 10.0. The minimum absolute atomic E-state index is 0.420. The normalized spacial score (nSPS) is 32.7. The molecule has 0 radical (unpaired) electrons. The van der Waals surface area contributed by atoms with Crippen molar-refractivity contribution in [3.8, 4) is 5.75 Å². The van der Waals surface area contributed by atoms with Crippen LogP contribution in [0.1, 0.15) is 25.7 Å². The average molecular weight is 343 g/mol. The Morgan fingerprint density at radius 1 is 1.12 bits per heavy atom. The third-order valence-electron chi connectivity index (χ3n) is 4.17. The molecule has 2 heterocycles. The van der Waals surface area contributed by atoms with Gasteiger partial charge in [0.1, 0.15) is 11.9 Å². The monoisotopic (exact) mass is 343 g/mol. The van der Waals surface area contributed by atoms with E-state index in [1.807, 2.05) is 0 Å². The second-order valence-corrected chi connectivity index (χ2v) is 6.46. The van der Waals surface area contributed by atoms with E-state index in [1.54, 1.807) is 0 Å². The summed E-state index contributed by atoms with van der Waals surface area (Å²) in [6, 6.07) is 9.90. The second kappa shape index (κ2) is 4.76. The Hall–Kier alpha value is -0.290. The van der Waals surface area contributed by atoms with Crippen molar-refractivity contribution in [1.29, 1.82) is 0 Å². The van der Waals surface area contributed by atoms with Gasteiger partial charge >= 0.3 is 0 Å². The van der Waals surface area contributed by atoms with Crippen molar-refractivity contribution in [2.24, 2.45) is 0 Å². The number of ether oxygens (including phenoxy) is 1. The first-order chi connectivity index (χ1) is 8.22. The Balaban J connectivity index is 1.65. The summed E-state index contributed by atoms with van der Waals surface area (Å²) < 4.78 is 7.37. The fourth-order valence-electron chi connectivity index (χ4n) is 3.16. The lowest BCUT2D eigenvalue weighted by molar-refractivity contribution is 0.0661. The van der Waals surface area contributed by atoms with Gasteiger partial charge in [0.05, 0.1) is 0 Å². The van der Waals surface area contributed by atoms with Gasteiger partial charge in [-0.3, -0.25) is 0 Å². The fourth-order valence-corrected chi connectivity index (χ4v) is 3.52. The van der Waals surface area contributed by atoms with Crippen LogP contribution in [-0.4, -0.2) is 30.1 Å². The number of hydrogen-bond donors (Lipinski definition) is 0. The highest BCUT2D eigenvalue weighted by Gasteiger charge is 2.39. The van der Waals surface area contributed by atoms with E-state index in [0.717, 1.165) is 17.8 Å². The van der Waals surface area contributed by atoms with Crippen LogP contribution in [0.15, 0.2) is 24.3 Å². The van der Waals surface area contributed by atoms with Crippen LogP contribution >= 0.6 is 22.6 Å². The molecule has 0 N–H and O–H groups in total. The predicted octanol–water partition coefficient (Wildman–Crippen LogP) is 3.30. The minimum atomic E-state index is 0.420. The van der Waals surface area contributed by atoms with Crippen LogP contribution in [0.25, 0.3) is 0 Å². The molecule has 2 nitrogen and oxygen atoms in total. The lowest BCUT2D eigenvalue weighted by Gasteiger charge is -2.36. The number of halogens is 1. The molecule has 0 saturated carbocycles. The second-order valence-electron chi connectivity index (χ2n) is 5.22. The maximum absolute atomic E-state index is 6.11. The molecule has 1 unspecified atom stereocenters. The molecule has 3 atom stereocenters. The largest absolute Gasteiger partial charge is 0.490 e. The molecule has 2 bridgehead atoms. The zero-order chi connectivity index (χ0) is 11.8. The van der Waals surface area contributed by atoms with E-state index in [2.05, 4.69) is 58.8 Å². The predicted molar refractivity (Wildman–Crippen MR) is 77.4 cm³/mol. The summed E-state index contributed by atoms with van der Waals surface area (Å²) in [5.74, 6) is 1.03. The Morgan fingerprint density at radius 3 is 2.29 bits per heavy atom. The minimum Gasteiger partial charge on any atom is -0.490 e. The average Bonchev–Trinajstić information content (AvgIpc) is 2.55. The zero-order valence-corrected chi connectivity index (χ0v) is 12.3. The number of nitrogens with zero attached hydrogens (tertiary/aromatic N) is 1. The van der Waals surface area contributed by atoms with Gasteiger partial charge in [0, 0.05) is 15.7 Å². The van der Waals surface area contributed by atoms with Crippen molar-refractivity contribution in [1.82, 2.24) is 4.90 Å². The fraction of sp³-hybridized carbons (Fsp3) is 0.571. The maximum Gasteiger partial charge on any atom is 0.119 e. The Labute approximate surface area is 116 Å². The molecule has 0 aliphatic carbocycles. The molecule has 2 fully saturated rings. The van der Waals surface area contributed by atoms with E-state index in [-0.39, 0.29) is 0 Å². The molecular weight excluding hydrogens is 325 g/mol. The highest BCUT2D eigenvalue weighted by molar-refractivity contribution is 14.1. The highest BCUT2D eigenvalue weighted by Crippen LogP contribution is 2.35. The van der Waals surface area contributed by atoms with Gasteiger partial charge in [-0.2, -0.15) is 0 Å². The van der Waals surface area contributed by atoms with Crippen LogP contribution in [-0.2, 0) is 0 Å². The molecule has 2 aliphatic rings. The van der Waals surface area contributed by atoms with Crippen LogP contribution in [0, 0.1) is 3.57 Å². The molecule has 2 aliphatic heterocycles. The summed E-state index contributed by atoms with van der Waals surface area (Å²) in [5, 5.41) is 0. The van der Waals surface area contributed by atoms with E-state index < -0.39 is 0 Å². The number of fused-ring (bicyclic) bond motifs is 2. The van der Waals surface area contributed by atoms with Crippen molar-refractivity contribution in [2.75, 3.05) is 7.05 Å². The van der Waals surface area contributed by atoms with Gasteiger partial charge in [-0.1, -0.05) is 0 Å². The standard InChI is InChI=1S/C14H18INO/c1-16-11-4-5-12(16)9-14(8-11)17-13-6-2-10(15)3-7-13/h2-3,6-7,11-12,14H,4-5,8-9H2,1H3/t11-,12+,14?. The maximum atomic E-state index is 6.11. The third-order valence-corrected chi connectivity index (χ3v) is 4.89. The quantitative estimate of drug-likeness (QED) is 0.764. The molecule has 17 heavy (non-hydrogen) atoms. The van der Waals surface area contributed by atoms with Gasteiger partial charge in [-0.05, 0) is 79.6 Å². The number of rotatable bonds is 2. The van der Waals surface area contributed by atoms with E-state index >= 15 is 0 Å². The van der Waals surface area contributed by atoms with Gasteiger partial charge in [0.2, 0.25) is 0 Å². The number of benzene rings is 1. The topological polar surface area (TPSA) is 12.5 Å². The first-order valence-electron chi connectivity index (χ1n) is 6.36. The van der Waals surface area contributed by atoms with Crippen molar-refractivity contribution in [3.05, 3.63) is 27.8 Å². The molecule has 3 rings (SSSR count). The number of hydrogen-bond acceptors (Lipinski definition) is 2. The zero-order valence-electron chi connectivity index (χ0n) is 10.1. The lowest BCUT2D eigenvalue weighted by Crippen LogP contribution is -2.43. The molecule has 2 saturated heterocycles. The summed E-state index contributed by atoms with van der Waals surface area (Å²) >= 11 is 2.32. The van der Waals surface area contributed by atoms with Gasteiger partial charge in [0.15, 0.2) is 0 Å².